The maximum atomic E-state index is 13.9. The van der Waals surface area contributed by atoms with E-state index < -0.39 is 17.9 Å². The largest absolute Gasteiger partial charge is 0.459 e. The molecule has 1 aliphatic heterocycles. The summed E-state index contributed by atoms with van der Waals surface area (Å²) in [5, 5.41) is 5.64. The number of anilines is 1. The molecular formula is C29H33N3O5. The monoisotopic (exact) mass is 503 g/mol. The lowest BCUT2D eigenvalue weighted by atomic mass is 9.98. The highest BCUT2D eigenvalue weighted by Gasteiger charge is 2.35. The van der Waals surface area contributed by atoms with Crippen LogP contribution in [0, 0.1) is 20.8 Å². The van der Waals surface area contributed by atoms with Crippen molar-refractivity contribution in [2.45, 2.75) is 45.8 Å². The zero-order valence-corrected chi connectivity index (χ0v) is 21.5. The van der Waals surface area contributed by atoms with E-state index in [9.17, 15) is 14.4 Å². The maximum absolute atomic E-state index is 13.9. The summed E-state index contributed by atoms with van der Waals surface area (Å²) in [5.74, 6) is -1.13. The summed E-state index contributed by atoms with van der Waals surface area (Å²) in [6.45, 7) is 6.57. The van der Waals surface area contributed by atoms with Gasteiger partial charge in [-0.25, -0.2) is 0 Å². The molecule has 3 aromatic rings. The Kier molecular flexibility index (Phi) is 8.40. The smallest absolute Gasteiger partial charge is 0.287 e. The lowest BCUT2D eigenvalue weighted by molar-refractivity contribution is -0.126. The number of benzene rings is 2. The molecule has 0 spiro atoms. The van der Waals surface area contributed by atoms with Crippen LogP contribution < -0.4 is 15.5 Å². The van der Waals surface area contributed by atoms with E-state index in [1.54, 1.807) is 6.07 Å². The first-order valence-electron chi connectivity index (χ1n) is 12.5. The number of hydrogen-bond acceptors (Lipinski definition) is 5. The molecule has 1 saturated heterocycles. The number of nitrogens with zero attached hydrogens (tertiary/aromatic N) is 1. The van der Waals surface area contributed by atoms with Gasteiger partial charge in [0, 0.05) is 13.2 Å². The molecule has 3 amide bonds. The van der Waals surface area contributed by atoms with Gasteiger partial charge in [-0.1, -0.05) is 48.0 Å². The normalized spacial score (nSPS) is 15.7. The second kappa shape index (κ2) is 11.9. The van der Waals surface area contributed by atoms with Crippen LogP contribution in [0.5, 0.6) is 0 Å². The molecule has 0 unspecified atom stereocenters. The Bertz CT molecular complexity index is 1210. The minimum absolute atomic E-state index is 0.0417. The molecule has 8 heteroatoms. The highest BCUT2D eigenvalue weighted by Crippen LogP contribution is 2.34. The van der Waals surface area contributed by atoms with Crippen LogP contribution in [-0.2, 0) is 14.3 Å². The average Bonchev–Trinajstić information content (AvgIpc) is 3.60. The third kappa shape index (κ3) is 6.27. The number of carbonyl (C=O) groups is 3. The molecule has 0 bridgehead atoms. The number of nitrogens with one attached hydrogen (secondary N) is 2. The number of aryl methyl sites for hydroxylation is 3. The number of carbonyl (C=O) groups excluding carboxylic acids is 3. The fourth-order valence-corrected chi connectivity index (χ4v) is 4.86. The van der Waals surface area contributed by atoms with Crippen molar-refractivity contribution in [1.82, 2.24) is 10.6 Å². The van der Waals surface area contributed by atoms with Crippen molar-refractivity contribution in [2.24, 2.45) is 0 Å². The van der Waals surface area contributed by atoms with Crippen LogP contribution in [0.2, 0.25) is 0 Å². The maximum Gasteiger partial charge on any atom is 0.287 e. The van der Waals surface area contributed by atoms with E-state index in [2.05, 4.69) is 10.6 Å². The zero-order chi connectivity index (χ0) is 26.4. The fourth-order valence-electron chi connectivity index (χ4n) is 4.86. The molecule has 2 heterocycles. The van der Waals surface area contributed by atoms with Gasteiger partial charge in [0.25, 0.3) is 5.91 Å². The molecule has 37 heavy (non-hydrogen) atoms. The predicted octanol–water partition coefficient (Wildman–Crippen LogP) is 4.00. The van der Waals surface area contributed by atoms with Gasteiger partial charge >= 0.3 is 0 Å². The van der Waals surface area contributed by atoms with Gasteiger partial charge in [-0.2, -0.15) is 0 Å². The van der Waals surface area contributed by atoms with Gasteiger partial charge in [0.2, 0.25) is 11.8 Å². The van der Waals surface area contributed by atoms with Crippen LogP contribution >= 0.6 is 0 Å². The molecule has 8 nitrogen and oxygen atoms in total. The lowest BCUT2D eigenvalue weighted by Gasteiger charge is -2.34. The Balaban J connectivity index is 1.70. The van der Waals surface area contributed by atoms with Gasteiger partial charge in [-0.15, -0.1) is 0 Å². The summed E-state index contributed by atoms with van der Waals surface area (Å²) in [5.41, 5.74) is 4.07. The number of hydrogen-bond donors (Lipinski definition) is 2. The lowest BCUT2D eigenvalue weighted by Crippen LogP contribution is -2.49. The van der Waals surface area contributed by atoms with Crippen LogP contribution in [0.25, 0.3) is 0 Å². The summed E-state index contributed by atoms with van der Waals surface area (Å²) >= 11 is 0. The minimum atomic E-state index is -0.948. The van der Waals surface area contributed by atoms with Crippen molar-refractivity contribution in [3.05, 3.63) is 88.9 Å². The topological polar surface area (TPSA) is 101 Å². The van der Waals surface area contributed by atoms with Gasteiger partial charge in [0.1, 0.15) is 6.04 Å². The third-order valence-electron chi connectivity index (χ3n) is 6.44. The second-order valence-corrected chi connectivity index (χ2v) is 9.36. The van der Waals surface area contributed by atoms with Crippen LogP contribution in [0.15, 0.2) is 65.3 Å². The van der Waals surface area contributed by atoms with Gasteiger partial charge in [0.05, 0.1) is 24.6 Å². The molecule has 1 aromatic heterocycles. The molecule has 4 rings (SSSR count). The van der Waals surface area contributed by atoms with E-state index in [1.807, 2.05) is 63.2 Å². The van der Waals surface area contributed by atoms with Crippen LogP contribution in [0.1, 0.15) is 51.7 Å². The summed E-state index contributed by atoms with van der Waals surface area (Å²) in [6.07, 6.45) is 3.20. The second-order valence-electron chi connectivity index (χ2n) is 9.36. The first-order valence-corrected chi connectivity index (χ1v) is 12.5. The minimum Gasteiger partial charge on any atom is -0.459 e. The van der Waals surface area contributed by atoms with E-state index in [0.717, 1.165) is 29.5 Å². The summed E-state index contributed by atoms with van der Waals surface area (Å²) in [4.78, 5) is 41.6. The molecule has 0 radical (unpaired) electrons. The quantitative estimate of drug-likeness (QED) is 0.460. The summed E-state index contributed by atoms with van der Waals surface area (Å²) < 4.78 is 10.8. The molecule has 2 N–H and O–H groups in total. The van der Waals surface area contributed by atoms with Crippen molar-refractivity contribution in [3.63, 3.8) is 0 Å². The molecule has 1 fully saturated rings. The Morgan fingerprint density at radius 1 is 1.00 bits per heavy atom. The summed E-state index contributed by atoms with van der Waals surface area (Å²) in [7, 11) is 0. The standard InChI is InChI=1S/C29H33N3O5/c1-19-15-20(2)26(21(3)16-19)32(25(33)18-31-28(34)24-12-8-14-37-24)27(22-9-5-4-6-10-22)29(35)30-17-23-11-7-13-36-23/h4-6,8-10,12,14-16,23,27H,7,11,13,17-18H2,1-3H3,(H,30,35)(H,31,34)/t23-,27+/m1/s1. The Morgan fingerprint density at radius 3 is 2.35 bits per heavy atom. The number of ether oxygens (including phenoxy) is 1. The van der Waals surface area contributed by atoms with Crippen molar-refractivity contribution >= 4 is 23.4 Å². The van der Waals surface area contributed by atoms with E-state index in [4.69, 9.17) is 9.15 Å². The number of rotatable bonds is 9. The third-order valence-corrected chi connectivity index (χ3v) is 6.44. The average molecular weight is 504 g/mol. The van der Waals surface area contributed by atoms with Gasteiger partial charge in [-0.3, -0.25) is 19.3 Å². The first kappa shape index (κ1) is 26.2. The SMILES string of the molecule is Cc1cc(C)c(N(C(=O)CNC(=O)c2ccco2)[C@H](C(=O)NC[C@H]2CCCO2)c2ccccc2)c(C)c1. The van der Waals surface area contributed by atoms with E-state index in [1.165, 1.54) is 17.2 Å². The highest BCUT2D eigenvalue weighted by molar-refractivity contribution is 6.05. The zero-order valence-electron chi connectivity index (χ0n) is 21.5. The van der Waals surface area contributed by atoms with Crippen molar-refractivity contribution in [2.75, 3.05) is 24.6 Å². The Hall–Kier alpha value is -3.91. The van der Waals surface area contributed by atoms with E-state index in [0.29, 0.717) is 24.4 Å². The molecular weight excluding hydrogens is 470 g/mol. The van der Waals surface area contributed by atoms with Crippen molar-refractivity contribution < 1.29 is 23.5 Å². The highest BCUT2D eigenvalue weighted by atomic mass is 16.5. The molecule has 194 valence electrons. The predicted molar refractivity (Wildman–Crippen MR) is 140 cm³/mol. The number of amides is 3. The number of furan rings is 1. The molecule has 1 aliphatic rings. The Morgan fingerprint density at radius 2 is 1.73 bits per heavy atom. The van der Waals surface area contributed by atoms with Crippen LogP contribution in [0.4, 0.5) is 5.69 Å². The van der Waals surface area contributed by atoms with Crippen LogP contribution in [-0.4, -0.2) is 43.5 Å². The van der Waals surface area contributed by atoms with Crippen molar-refractivity contribution in [1.29, 1.82) is 0 Å². The van der Waals surface area contributed by atoms with E-state index in [-0.39, 0.29) is 24.3 Å². The van der Waals surface area contributed by atoms with Crippen LogP contribution in [0.3, 0.4) is 0 Å². The van der Waals surface area contributed by atoms with E-state index >= 15 is 0 Å². The first-order chi connectivity index (χ1) is 17.8. The molecule has 0 aliphatic carbocycles. The van der Waals surface area contributed by atoms with Gasteiger partial charge in [-0.05, 0) is 62.4 Å². The summed E-state index contributed by atoms with van der Waals surface area (Å²) in [6, 6.07) is 15.3. The van der Waals surface area contributed by atoms with Gasteiger partial charge in [0.15, 0.2) is 5.76 Å². The Labute approximate surface area is 217 Å². The molecule has 2 atom stereocenters. The molecule has 2 aromatic carbocycles. The van der Waals surface area contributed by atoms with Crippen molar-refractivity contribution in [3.8, 4) is 0 Å². The molecule has 0 saturated carbocycles. The fraction of sp³-hybridized carbons (Fsp3) is 0.345. The van der Waals surface area contributed by atoms with Gasteiger partial charge < -0.3 is 19.8 Å².